The third-order valence-electron chi connectivity index (χ3n) is 12.8. The molecule has 7 aromatic carbocycles. The summed E-state index contributed by atoms with van der Waals surface area (Å²) in [5, 5.41) is 4.30. The van der Waals surface area contributed by atoms with E-state index in [4.69, 9.17) is 19.4 Å². The van der Waals surface area contributed by atoms with Crippen LogP contribution in [0.4, 0.5) is 0 Å². The first-order valence-corrected chi connectivity index (χ1v) is 22.6. The van der Waals surface area contributed by atoms with Gasteiger partial charge in [-0.3, -0.25) is 9.97 Å². The van der Waals surface area contributed by atoms with E-state index in [1.54, 1.807) is 12.4 Å². The van der Waals surface area contributed by atoms with Gasteiger partial charge < -0.3 is 8.98 Å². The predicted octanol–water partition coefficient (Wildman–Crippen LogP) is 15.3. The zero-order chi connectivity index (χ0) is 45.0. The maximum Gasteiger partial charge on any atom is 0.160 e. The van der Waals surface area contributed by atoms with E-state index in [0.717, 1.165) is 112 Å². The number of para-hydroxylation sites is 2. The molecule has 13 rings (SSSR count). The zero-order valence-corrected chi connectivity index (χ0v) is 36.5. The van der Waals surface area contributed by atoms with Crippen LogP contribution >= 0.6 is 0 Å². The summed E-state index contributed by atoms with van der Waals surface area (Å²) in [6.45, 7) is 0. The van der Waals surface area contributed by atoms with Crippen LogP contribution in [0.2, 0.25) is 0 Å². The first-order valence-electron chi connectivity index (χ1n) is 22.6. The molecule has 0 aliphatic rings. The first kappa shape index (κ1) is 39.1. The molecular weight excluding hydrogens is 833 g/mol. The second kappa shape index (κ2) is 16.3. The molecule has 13 aromatic rings. The Kier molecular flexibility index (Phi) is 9.35. The van der Waals surface area contributed by atoms with Crippen molar-refractivity contribution in [2.45, 2.75) is 0 Å². The number of pyridine rings is 3. The van der Waals surface area contributed by atoms with Gasteiger partial charge in [0.1, 0.15) is 11.3 Å². The predicted molar refractivity (Wildman–Crippen MR) is 275 cm³/mol. The number of fused-ring (bicyclic) bond motifs is 6. The first-order chi connectivity index (χ1) is 33.7. The Morgan fingerprint density at radius 2 is 0.971 bits per heavy atom. The van der Waals surface area contributed by atoms with Gasteiger partial charge in [0.15, 0.2) is 5.82 Å². The van der Waals surface area contributed by atoms with E-state index in [2.05, 4.69) is 166 Å². The Hall–Kier alpha value is -9.33. The number of hydrogen-bond acceptors (Lipinski definition) is 6. The average Bonchev–Trinajstić information content (AvgIpc) is 3.99. The van der Waals surface area contributed by atoms with Gasteiger partial charge in [-0.15, -0.1) is 0 Å². The van der Waals surface area contributed by atoms with Crippen molar-refractivity contribution in [3.8, 4) is 84.4 Å². The fourth-order valence-corrected chi connectivity index (χ4v) is 9.61. The van der Waals surface area contributed by atoms with Crippen molar-refractivity contribution in [1.82, 2.24) is 29.5 Å². The molecule has 0 amide bonds. The quantitative estimate of drug-likeness (QED) is 0.151. The molecule has 0 saturated carbocycles. The minimum Gasteiger partial charge on any atom is -0.455 e. The molecule has 0 fully saturated rings. The lowest BCUT2D eigenvalue weighted by atomic mass is 9.95. The molecule has 0 atom stereocenters. The summed E-state index contributed by atoms with van der Waals surface area (Å²) >= 11 is 0. The fraction of sp³-hybridized carbons (Fsp3) is 0. The van der Waals surface area contributed by atoms with Crippen LogP contribution in [-0.4, -0.2) is 29.5 Å². The van der Waals surface area contributed by atoms with Crippen molar-refractivity contribution < 1.29 is 4.42 Å². The Balaban J connectivity index is 0.930. The summed E-state index contributed by atoms with van der Waals surface area (Å²) in [6, 6.07) is 71.5. The molecule has 7 nitrogen and oxygen atoms in total. The molecule has 0 spiro atoms. The standard InChI is InChI=1S/C61H38N6O/c1-3-14-41(15-4-1)58-57-56(45-19-12-32-62-37-45)59(46-20-13-33-63-38-46)68-60(57)50-35-43(30-31-51(50)64-58)39-26-28-40(29-27-39)52-36-53(66-61(65-52)42-16-5-2-6-17-42)44-18-11-21-47(34-44)67-54-24-9-7-22-48(54)49-23-8-10-25-55(49)67/h1-38H. The van der Waals surface area contributed by atoms with Crippen LogP contribution in [0.15, 0.2) is 235 Å². The van der Waals surface area contributed by atoms with Crippen molar-refractivity contribution in [2.24, 2.45) is 0 Å². The average molecular weight is 871 g/mol. The largest absolute Gasteiger partial charge is 0.455 e. The van der Waals surface area contributed by atoms with Gasteiger partial charge in [0.25, 0.3) is 0 Å². The summed E-state index contributed by atoms with van der Waals surface area (Å²) in [7, 11) is 0. The molecule has 0 aliphatic carbocycles. The van der Waals surface area contributed by atoms with Crippen LogP contribution in [0, 0.1) is 0 Å². The molecule has 318 valence electrons. The molecule has 0 radical (unpaired) electrons. The van der Waals surface area contributed by atoms with Crippen LogP contribution in [0.1, 0.15) is 0 Å². The highest BCUT2D eigenvalue weighted by Crippen LogP contribution is 2.47. The molecule has 0 bridgehead atoms. The summed E-state index contributed by atoms with van der Waals surface area (Å²) in [5.41, 5.74) is 16.3. The third-order valence-corrected chi connectivity index (χ3v) is 12.8. The van der Waals surface area contributed by atoms with Gasteiger partial charge in [-0.25, -0.2) is 15.0 Å². The van der Waals surface area contributed by atoms with Gasteiger partial charge in [0.2, 0.25) is 0 Å². The van der Waals surface area contributed by atoms with Crippen molar-refractivity contribution >= 4 is 43.7 Å². The molecule has 0 N–H and O–H groups in total. The molecule has 0 aliphatic heterocycles. The molecule has 6 heterocycles. The minimum atomic E-state index is 0.667. The summed E-state index contributed by atoms with van der Waals surface area (Å²) in [6.07, 6.45) is 7.29. The van der Waals surface area contributed by atoms with Crippen molar-refractivity contribution in [2.75, 3.05) is 0 Å². The second-order valence-electron chi connectivity index (χ2n) is 16.9. The second-order valence-corrected chi connectivity index (χ2v) is 16.9. The maximum atomic E-state index is 7.02. The molecular formula is C61H38N6O. The normalized spacial score (nSPS) is 11.5. The van der Waals surface area contributed by atoms with Crippen LogP contribution in [-0.2, 0) is 0 Å². The number of benzene rings is 7. The summed E-state index contributed by atoms with van der Waals surface area (Å²) < 4.78 is 9.36. The summed E-state index contributed by atoms with van der Waals surface area (Å²) in [5.74, 6) is 1.39. The zero-order valence-electron chi connectivity index (χ0n) is 36.5. The Morgan fingerprint density at radius 1 is 0.382 bits per heavy atom. The Morgan fingerprint density at radius 3 is 1.66 bits per heavy atom. The fourth-order valence-electron chi connectivity index (χ4n) is 9.61. The van der Waals surface area contributed by atoms with E-state index in [9.17, 15) is 0 Å². The van der Waals surface area contributed by atoms with E-state index in [1.165, 1.54) is 10.8 Å². The number of hydrogen-bond donors (Lipinski definition) is 0. The summed E-state index contributed by atoms with van der Waals surface area (Å²) in [4.78, 5) is 24.7. The van der Waals surface area contributed by atoms with Crippen LogP contribution < -0.4 is 0 Å². The van der Waals surface area contributed by atoms with E-state index in [1.807, 2.05) is 67.0 Å². The highest BCUT2D eigenvalue weighted by molar-refractivity contribution is 6.17. The van der Waals surface area contributed by atoms with Crippen LogP contribution in [0.5, 0.6) is 0 Å². The van der Waals surface area contributed by atoms with E-state index in [0.29, 0.717) is 5.82 Å². The van der Waals surface area contributed by atoms with E-state index in [-0.39, 0.29) is 0 Å². The smallest absolute Gasteiger partial charge is 0.160 e. The number of furan rings is 1. The molecule has 6 aromatic heterocycles. The monoisotopic (exact) mass is 870 g/mol. The van der Waals surface area contributed by atoms with Crippen molar-refractivity contribution in [3.05, 3.63) is 231 Å². The van der Waals surface area contributed by atoms with Gasteiger partial charge in [-0.2, -0.15) is 0 Å². The number of nitrogens with zero attached hydrogens (tertiary/aromatic N) is 6. The van der Waals surface area contributed by atoms with Crippen molar-refractivity contribution in [3.63, 3.8) is 0 Å². The van der Waals surface area contributed by atoms with E-state index < -0.39 is 0 Å². The SMILES string of the molecule is c1ccc(-c2nc(-c3ccc(-c4ccc5nc(-c6ccccc6)c6c(-c7cccnc7)c(-c7cccnc7)oc6c5c4)cc3)cc(-c3cccc(-n4c5ccccc5c5ccccc54)c3)n2)cc1. The lowest BCUT2D eigenvalue weighted by Crippen LogP contribution is -1.98. The lowest BCUT2D eigenvalue weighted by molar-refractivity contribution is 0.635. The highest BCUT2D eigenvalue weighted by Gasteiger charge is 2.25. The number of aromatic nitrogens is 6. The topological polar surface area (TPSA) is 82.5 Å². The van der Waals surface area contributed by atoms with Crippen molar-refractivity contribution in [1.29, 1.82) is 0 Å². The Bertz CT molecular complexity index is 3950. The third kappa shape index (κ3) is 6.72. The molecule has 0 unspecified atom stereocenters. The van der Waals surface area contributed by atoms with Gasteiger partial charge in [-0.1, -0.05) is 146 Å². The molecule has 0 saturated heterocycles. The van der Waals surface area contributed by atoms with E-state index >= 15 is 0 Å². The van der Waals surface area contributed by atoms with Crippen LogP contribution in [0.25, 0.3) is 128 Å². The Labute approximate surface area is 391 Å². The van der Waals surface area contributed by atoms with Crippen LogP contribution in [0.3, 0.4) is 0 Å². The molecule has 68 heavy (non-hydrogen) atoms. The highest BCUT2D eigenvalue weighted by atomic mass is 16.3. The molecule has 7 heteroatoms. The lowest BCUT2D eigenvalue weighted by Gasteiger charge is -2.13. The number of rotatable bonds is 8. The maximum absolute atomic E-state index is 7.02. The van der Waals surface area contributed by atoms with Gasteiger partial charge >= 0.3 is 0 Å². The van der Waals surface area contributed by atoms with Gasteiger partial charge in [0, 0.05) is 85.6 Å². The van der Waals surface area contributed by atoms with Gasteiger partial charge in [0.05, 0.1) is 39.0 Å². The van der Waals surface area contributed by atoms with Gasteiger partial charge in [-0.05, 0) is 71.8 Å². The minimum absolute atomic E-state index is 0.667.